The molecule has 4 heterocycles. The molecule has 0 aliphatic carbocycles. The average molecular weight is 333 g/mol. The van der Waals surface area contributed by atoms with Gasteiger partial charge in [0.25, 0.3) is 5.91 Å². The third-order valence-corrected chi connectivity index (χ3v) is 5.37. The first-order chi connectivity index (χ1) is 12.3. The van der Waals surface area contributed by atoms with Crippen LogP contribution >= 0.6 is 0 Å². The predicted octanol–water partition coefficient (Wildman–Crippen LogP) is 2.45. The molecule has 1 aromatic carbocycles. The minimum Gasteiger partial charge on any atom is -0.352 e. The molecule has 126 valence electrons. The minimum atomic E-state index is 0.155. The number of amides is 1. The zero-order valence-electron chi connectivity index (χ0n) is 13.8. The Morgan fingerprint density at radius 3 is 2.56 bits per heavy atom. The number of carbonyl (C=O) groups is 1. The van der Waals surface area contributed by atoms with E-state index in [1.807, 2.05) is 42.6 Å². The van der Waals surface area contributed by atoms with Gasteiger partial charge in [-0.05, 0) is 31.0 Å². The van der Waals surface area contributed by atoms with E-state index in [2.05, 4.69) is 24.8 Å². The lowest BCUT2D eigenvalue weighted by molar-refractivity contribution is 0.0641. The van der Waals surface area contributed by atoms with Gasteiger partial charge in [-0.2, -0.15) is 0 Å². The number of fused-ring (bicyclic) bond motifs is 3. The van der Waals surface area contributed by atoms with E-state index < -0.39 is 0 Å². The van der Waals surface area contributed by atoms with Crippen LogP contribution in [-0.4, -0.2) is 50.9 Å². The standard InChI is InChI=1S/C19H19N5O/c25-19(13-4-2-1-3-5-13)24-14-6-7-15(24)11-23(10-14)18-16-8-9-20-17(16)21-12-22-18/h1-5,8-9,12,14-15H,6-7,10-11H2,(H,20,21,22)/t14-,15-/m1/s1. The van der Waals surface area contributed by atoms with Crippen molar-refractivity contribution >= 4 is 22.8 Å². The number of carbonyl (C=O) groups excluding carboxylic acids is 1. The van der Waals surface area contributed by atoms with Gasteiger partial charge >= 0.3 is 0 Å². The van der Waals surface area contributed by atoms with Crippen molar-refractivity contribution in [3.05, 3.63) is 54.5 Å². The van der Waals surface area contributed by atoms with Crippen LogP contribution in [0.4, 0.5) is 5.82 Å². The predicted molar refractivity (Wildman–Crippen MR) is 95.5 cm³/mol. The van der Waals surface area contributed by atoms with Gasteiger partial charge < -0.3 is 14.8 Å². The molecule has 6 nitrogen and oxygen atoms in total. The molecule has 0 saturated carbocycles. The number of piperazine rings is 1. The number of H-pyrrole nitrogens is 1. The monoisotopic (exact) mass is 333 g/mol. The molecule has 2 fully saturated rings. The molecule has 0 spiro atoms. The summed E-state index contributed by atoms with van der Waals surface area (Å²) in [6.07, 6.45) is 5.62. The van der Waals surface area contributed by atoms with Gasteiger partial charge in [0.05, 0.1) is 17.5 Å². The normalized spacial score (nSPS) is 22.6. The van der Waals surface area contributed by atoms with Crippen LogP contribution in [0.25, 0.3) is 11.0 Å². The van der Waals surface area contributed by atoms with E-state index in [0.29, 0.717) is 0 Å². The van der Waals surface area contributed by atoms with Crippen LogP contribution in [0, 0.1) is 0 Å². The number of aromatic amines is 1. The summed E-state index contributed by atoms with van der Waals surface area (Å²) >= 11 is 0. The van der Waals surface area contributed by atoms with Crippen LogP contribution in [0.15, 0.2) is 48.9 Å². The lowest BCUT2D eigenvalue weighted by Gasteiger charge is -2.41. The van der Waals surface area contributed by atoms with E-state index in [1.54, 1.807) is 6.33 Å². The van der Waals surface area contributed by atoms with E-state index in [4.69, 9.17) is 0 Å². The summed E-state index contributed by atoms with van der Waals surface area (Å²) in [7, 11) is 0. The van der Waals surface area contributed by atoms with Gasteiger partial charge in [-0.1, -0.05) is 18.2 Å². The number of anilines is 1. The third kappa shape index (κ3) is 2.28. The van der Waals surface area contributed by atoms with Gasteiger partial charge in [0, 0.05) is 24.8 Å². The van der Waals surface area contributed by atoms with Crippen molar-refractivity contribution in [2.24, 2.45) is 0 Å². The number of benzene rings is 1. The number of rotatable bonds is 2. The molecule has 3 aromatic rings. The summed E-state index contributed by atoms with van der Waals surface area (Å²) < 4.78 is 0. The maximum absolute atomic E-state index is 13.0. The van der Waals surface area contributed by atoms with Crippen LogP contribution in [-0.2, 0) is 0 Å². The van der Waals surface area contributed by atoms with Crippen molar-refractivity contribution < 1.29 is 4.79 Å². The second-order valence-electron chi connectivity index (χ2n) is 6.81. The van der Waals surface area contributed by atoms with Crippen molar-refractivity contribution in [3.63, 3.8) is 0 Å². The van der Waals surface area contributed by atoms with Crippen molar-refractivity contribution in [1.29, 1.82) is 0 Å². The molecule has 2 aromatic heterocycles. The summed E-state index contributed by atoms with van der Waals surface area (Å²) in [6.45, 7) is 1.65. The third-order valence-electron chi connectivity index (χ3n) is 5.37. The highest BCUT2D eigenvalue weighted by Gasteiger charge is 2.43. The number of nitrogens with zero attached hydrogens (tertiary/aromatic N) is 4. The molecule has 0 radical (unpaired) electrons. The van der Waals surface area contributed by atoms with Gasteiger partial charge in [-0.3, -0.25) is 4.79 Å². The smallest absolute Gasteiger partial charge is 0.254 e. The summed E-state index contributed by atoms with van der Waals surface area (Å²) in [5.74, 6) is 1.12. The van der Waals surface area contributed by atoms with Crippen LogP contribution < -0.4 is 4.90 Å². The largest absolute Gasteiger partial charge is 0.352 e. The SMILES string of the molecule is O=C(c1ccccc1)N1[C@@H]2CC[C@@H]1CN(c1ncnc3[nH]ccc13)C2. The van der Waals surface area contributed by atoms with Gasteiger partial charge in [0.2, 0.25) is 0 Å². The van der Waals surface area contributed by atoms with Gasteiger partial charge in [0.15, 0.2) is 0 Å². The zero-order chi connectivity index (χ0) is 16.8. The molecule has 2 aliphatic heterocycles. The number of aromatic nitrogens is 3. The van der Waals surface area contributed by atoms with E-state index >= 15 is 0 Å². The Labute approximate surface area is 145 Å². The maximum Gasteiger partial charge on any atom is 0.254 e. The highest BCUT2D eigenvalue weighted by molar-refractivity contribution is 5.95. The maximum atomic E-state index is 13.0. The highest BCUT2D eigenvalue weighted by atomic mass is 16.2. The lowest BCUT2D eigenvalue weighted by Crippen LogP contribution is -2.56. The van der Waals surface area contributed by atoms with Crippen LogP contribution in [0.3, 0.4) is 0 Å². The Morgan fingerprint density at radius 2 is 1.80 bits per heavy atom. The molecular formula is C19H19N5O. The Morgan fingerprint density at radius 1 is 1.04 bits per heavy atom. The molecule has 6 heteroatoms. The fourth-order valence-electron chi connectivity index (χ4n) is 4.25. The molecule has 2 aliphatic rings. The first kappa shape index (κ1) is 14.5. The molecule has 5 rings (SSSR count). The van der Waals surface area contributed by atoms with E-state index in [-0.39, 0.29) is 18.0 Å². The molecule has 1 amide bonds. The van der Waals surface area contributed by atoms with Crippen molar-refractivity contribution in [1.82, 2.24) is 19.9 Å². The minimum absolute atomic E-state index is 0.155. The van der Waals surface area contributed by atoms with E-state index in [0.717, 1.165) is 48.3 Å². The first-order valence-corrected chi connectivity index (χ1v) is 8.72. The first-order valence-electron chi connectivity index (χ1n) is 8.72. The summed E-state index contributed by atoms with van der Waals surface area (Å²) in [4.78, 5) is 29.3. The van der Waals surface area contributed by atoms with Gasteiger partial charge in [0.1, 0.15) is 17.8 Å². The molecule has 25 heavy (non-hydrogen) atoms. The van der Waals surface area contributed by atoms with Crippen molar-refractivity contribution in [2.75, 3.05) is 18.0 Å². The van der Waals surface area contributed by atoms with Gasteiger partial charge in [-0.15, -0.1) is 0 Å². The number of nitrogens with one attached hydrogen (secondary N) is 1. The fourth-order valence-corrected chi connectivity index (χ4v) is 4.25. The highest BCUT2D eigenvalue weighted by Crippen LogP contribution is 2.34. The quantitative estimate of drug-likeness (QED) is 0.782. The fraction of sp³-hybridized carbons (Fsp3) is 0.316. The number of hydrogen-bond acceptors (Lipinski definition) is 4. The Balaban J connectivity index is 1.44. The Bertz CT molecular complexity index is 908. The Hall–Kier alpha value is -2.89. The molecular weight excluding hydrogens is 314 g/mol. The van der Waals surface area contributed by atoms with Crippen molar-refractivity contribution in [3.8, 4) is 0 Å². The van der Waals surface area contributed by atoms with E-state index in [9.17, 15) is 4.79 Å². The second kappa shape index (κ2) is 5.58. The Kier molecular flexibility index (Phi) is 3.23. The van der Waals surface area contributed by atoms with Crippen LogP contribution in [0.1, 0.15) is 23.2 Å². The van der Waals surface area contributed by atoms with Crippen LogP contribution in [0.2, 0.25) is 0 Å². The molecule has 2 saturated heterocycles. The topological polar surface area (TPSA) is 65.1 Å². The zero-order valence-corrected chi connectivity index (χ0v) is 13.8. The molecule has 0 unspecified atom stereocenters. The lowest BCUT2D eigenvalue weighted by atomic mass is 10.1. The molecule has 1 N–H and O–H groups in total. The van der Waals surface area contributed by atoms with E-state index in [1.165, 1.54) is 0 Å². The van der Waals surface area contributed by atoms with Gasteiger partial charge in [-0.25, -0.2) is 9.97 Å². The summed E-state index contributed by atoms with van der Waals surface area (Å²) in [5.41, 5.74) is 1.64. The van der Waals surface area contributed by atoms with Crippen molar-refractivity contribution in [2.45, 2.75) is 24.9 Å². The summed E-state index contributed by atoms with van der Waals surface area (Å²) in [6, 6.07) is 12.1. The second-order valence-corrected chi connectivity index (χ2v) is 6.81. The summed E-state index contributed by atoms with van der Waals surface area (Å²) in [5, 5.41) is 1.05. The number of hydrogen-bond donors (Lipinski definition) is 1. The molecule has 2 bridgehead atoms. The van der Waals surface area contributed by atoms with Crippen LogP contribution in [0.5, 0.6) is 0 Å². The average Bonchev–Trinajstić information content (AvgIpc) is 3.23. The molecule has 2 atom stereocenters.